The van der Waals surface area contributed by atoms with Gasteiger partial charge in [-0.3, -0.25) is 4.79 Å². The van der Waals surface area contributed by atoms with E-state index in [1.165, 1.54) is 0 Å². The van der Waals surface area contributed by atoms with Crippen LogP contribution in [-0.4, -0.2) is 25.1 Å². The Hall–Kier alpha value is -3.02. The smallest absolute Gasteiger partial charge is 0.323 e. The minimum Gasteiger partial charge on any atom is -0.490 e. The minimum atomic E-state index is -0.623. The van der Waals surface area contributed by atoms with E-state index in [9.17, 15) is 9.59 Å². The van der Waals surface area contributed by atoms with Gasteiger partial charge in [0.2, 0.25) is 5.91 Å². The first-order valence-electron chi connectivity index (χ1n) is 10.3. The Morgan fingerprint density at radius 3 is 2.33 bits per heavy atom. The van der Waals surface area contributed by atoms with Gasteiger partial charge in [0, 0.05) is 17.9 Å². The molecule has 1 heterocycles. The lowest BCUT2D eigenvalue weighted by molar-refractivity contribution is -0.127. The molecule has 6 heteroatoms. The summed E-state index contributed by atoms with van der Waals surface area (Å²) < 4.78 is 5.94. The third-order valence-corrected chi connectivity index (χ3v) is 4.95. The average molecular weight is 410 g/mol. The number of nitrogens with zero attached hydrogens (tertiary/aromatic N) is 1. The molecule has 0 bridgehead atoms. The van der Waals surface area contributed by atoms with Crippen LogP contribution in [0, 0.1) is 25.2 Å². The highest BCUT2D eigenvalue weighted by Gasteiger charge is 2.38. The van der Waals surface area contributed by atoms with Crippen LogP contribution in [0.2, 0.25) is 0 Å². The van der Waals surface area contributed by atoms with E-state index in [1.54, 1.807) is 17.0 Å². The second-order valence-corrected chi connectivity index (χ2v) is 9.12. The molecule has 0 saturated heterocycles. The summed E-state index contributed by atoms with van der Waals surface area (Å²) in [6.07, 6.45) is 0. The fourth-order valence-electron chi connectivity index (χ4n) is 3.61. The van der Waals surface area contributed by atoms with Crippen molar-refractivity contribution in [2.45, 2.75) is 41.5 Å². The number of hydrogen-bond acceptors (Lipinski definition) is 3. The maximum atomic E-state index is 13.2. The maximum Gasteiger partial charge on any atom is 0.323 e. The number of fused-ring (bicyclic) bond motifs is 1. The zero-order valence-electron chi connectivity index (χ0n) is 18.6. The van der Waals surface area contributed by atoms with Gasteiger partial charge in [0.1, 0.15) is 12.4 Å². The molecule has 0 spiro atoms. The first-order valence-corrected chi connectivity index (χ1v) is 10.3. The van der Waals surface area contributed by atoms with Crippen LogP contribution < -0.4 is 20.3 Å². The van der Waals surface area contributed by atoms with Gasteiger partial charge in [-0.15, -0.1) is 0 Å². The lowest BCUT2D eigenvalue weighted by atomic mass is 9.92. The molecule has 2 N–H and O–H groups in total. The van der Waals surface area contributed by atoms with Gasteiger partial charge in [-0.25, -0.2) is 4.79 Å². The number of carbonyl (C=O) groups is 2. The van der Waals surface area contributed by atoms with Crippen molar-refractivity contribution in [2.75, 3.05) is 28.7 Å². The number of hydrogen-bond donors (Lipinski definition) is 2. The van der Waals surface area contributed by atoms with E-state index in [0.29, 0.717) is 36.2 Å². The van der Waals surface area contributed by atoms with E-state index < -0.39 is 5.41 Å². The molecule has 2 aromatic carbocycles. The predicted molar refractivity (Wildman–Crippen MR) is 121 cm³/mol. The molecule has 2 aromatic rings. The second kappa shape index (κ2) is 8.38. The fourth-order valence-corrected chi connectivity index (χ4v) is 3.61. The normalized spacial score (nSPS) is 15.3. The van der Waals surface area contributed by atoms with Crippen molar-refractivity contribution in [2.24, 2.45) is 11.3 Å². The average Bonchev–Trinajstić information content (AvgIpc) is 2.71. The molecule has 0 atom stereocenters. The highest BCUT2D eigenvalue weighted by atomic mass is 16.5. The Bertz CT molecular complexity index is 946. The number of carbonyl (C=O) groups excluding carboxylic acids is 2. The molecule has 0 aromatic heterocycles. The lowest BCUT2D eigenvalue weighted by Crippen LogP contribution is -2.43. The molecular weight excluding hydrogens is 378 g/mol. The molecular formula is C24H31N3O3. The van der Waals surface area contributed by atoms with Gasteiger partial charge in [-0.2, -0.15) is 0 Å². The van der Waals surface area contributed by atoms with Crippen LogP contribution in [0.4, 0.5) is 21.9 Å². The highest BCUT2D eigenvalue weighted by Crippen LogP contribution is 2.38. The Balaban J connectivity index is 1.85. The van der Waals surface area contributed by atoms with Gasteiger partial charge in [-0.05, 0) is 75.1 Å². The second-order valence-electron chi connectivity index (χ2n) is 9.12. The number of ether oxygens (including phenoxy) is 1. The van der Waals surface area contributed by atoms with Crippen LogP contribution >= 0.6 is 0 Å². The summed E-state index contributed by atoms with van der Waals surface area (Å²) in [5.41, 5.74) is 3.56. The number of benzene rings is 2. The van der Waals surface area contributed by atoms with E-state index in [4.69, 9.17) is 4.74 Å². The van der Waals surface area contributed by atoms with Crippen molar-refractivity contribution in [3.63, 3.8) is 0 Å². The Labute approximate surface area is 178 Å². The van der Waals surface area contributed by atoms with E-state index in [0.717, 1.165) is 16.8 Å². The van der Waals surface area contributed by atoms with E-state index in [-0.39, 0.29) is 11.9 Å². The largest absolute Gasteiger partial charge is 0.490 e. The summed E-state index contributed by atoms with van der Waals surface area (Å²) >= 11 is 0. The summed E-state index contributed by atoms with van der Waals surface area (Å²) in [7, 11) is 0. The van der Waals surface area contributed by atoms with Crippen molar-refractivity contribution in [1.29, 1.82) is 0 Å². The van der Waals surface area contributed by atoms with E-state index in [2.05, 4.69) is 30.5 Å². The topological polar surface area (TPSA) is 70.7 Å². The molecule has 0 fully saturated rings. The van der Waals surface area contributed by atoms with Gasteiger partial charge in [0.05, 0.1) is 11.1 Å². The van der Waals surface area contributed by atoms with Crippen LogP contribution in [0.1, 0.15) is 38.8 Å². The Morgan fingerprint density at radius 1 is 1.07 bits per heavy atom. The number of aryl methyl sites for hydroxylation is 2. The van der Waals surface area contributed by atoms with Crippen molar-refractivity contribution in [1.82, 2.24) is 0 Å². The summed E-state index contributed by atoms with van der Waals surface area (Å²) in [4.78, 5) is 27.5. The highest BCUT2D eigenvalue weighted by molar-refractivity contribution is 6.02. The lowest BCUT2D eigenvalue weighted by Gasteiger charge is -2.29. The quantitative estimate of drug-likeness (QED) is 0.715. The SMILES string of the molecule is Cc1cc(C)cc(NC(=O)Nc2ccc3c(c2)N(CC(C)C)C(=O)C(C)(C)CO3)c1. The maximum absolute atomic E-state index is 13.2. The Morgan fingerprint density at radius 2 is 1.70 bits per heavy atom. The molecule has 0 saturated carbocycles. The zero-order valence-corrected chi connectivity index (χ0v) is 18.6. The van der Waals surface area contributed by atoms with Gasteiger partial charge in [0.25, 0.3) is 0 Å². The standard InChI is InChI=1S/C24H31N3O3/c1-15(2)13-27-20-12-18(7-8-21(20)30-14-24(5,6)22(27)28)25-23(29)26-19-10-16(3)9-17(4)11-19/h7-12,15H,13-14H2,1-6H3,(H2,25,26,29). The van der Waals surface area contributed by atoms with Crippen LogP contribution in [0.25, 0.3) is 0 Å². The molecule has 1 aliphatic heterocycles. The van der Waals surface area contributed by atoms with Gasteiger partial charge < -0.3 is 20.3 Å². The number of amides is 3. The molecule has 0 aliphatic carbocycles. The zero-order chi connectivity index (χ0) is 22.1. The van der Waals surface area contributed by atoms with E-state index >= 15 is 0 Å². The van der Waals surface area contributed by atoms with Crippen LogP contribution in [0.15, 0.2) is 36.4 Å². The summed E-state index contributed by atoms with van der Waals surface area (Å²) in [6.45, 7) is 12.8. The first kappa shape index (κ1) is 21.7. The third-order valence-electron chi connectivity index (χ3n) is 4.95. The predicted octanol–water partition coefficient (Wildman–Crippen LogP) is 5.36. The number of rotatable bonds is 4. The fraction of sp³-hybridized carbons (Fsp3) is 0.417. The minimum absolute atomic E-state index is 0.0202. The molecule has 0 radical (unpaired) electrons. The van der Waals surface area contributed by atoms with Gasteiger partial charge >= 0.3 is 6.03 Å². The van der Waals surface area contributed by atoms with Crippen LogP contribution in [0.3, 0.4) is 0 Å². The molecule has 3 amide bonds. The molecule has 0 unspecified atom stereocenters. The van der Waals surface area contributed by atoms with Crippen molar-refractivity contribution in [3.8, 4) is 5.75 Å². The monoisotopic (exact) mass is 409 g/mol. The summed E-state index contributed by atoms with van der Waals surface area (Å²) in [6, 6.07) is 11.0. The molecule has 6 nitrogen and oxygen atoms in total. The molecule has 3 rings (SSSR count). The number of anilines is 3. The molecule has 160 valence electrons. The summed E-state index contributed by atoms with van der Waals surface area (Å²) in [5, 5.41) is 5.73. The first-order chi connectivity index (χ1) is 14.0. The van der Waals surface area contributed by atoms with Crippen LogP contribution in [0.5, 0.6) is 5.75 Å². The summed E-state index contributed by atoms with van der Waals surface area (Å²) in [5.74, 6) is 0.960. The van der Waals surface area contributed by atoms with Crippen molar-refractivity contribution in [3.05, 3.63) is 47.5 Å². The van der Waals surface area contributed by atoms with Crippen molar-refractivity contribution >= 4 is 29.0 Å². The van der Waals surface area contributed by atoms with E-state index in [1.807, 2.05) is 45.9 Å². The van der Waals surface area contributed by atoms with Gasteiger partial charge in [-0.1, -0.05) is 19.9 Å². The number of urea groups is 1. The van der Waals surface area contributed by atoms with Crippen molar-refractivity contribution < 1.29 is 14.3 Å². The van der Waals surface area contributed by atoms with Crippen LogP contribution in [-0.2, 0) is 4.79 Å². The Kier molecular flexibility index (Phi) is 6.06. The molecule has 1 aliphatic rings. The van der Waals surface area contributed by atoms with Gasteiger partial charge in [0.15, 0.2) is 0 Å². The number of nitrogens with one attached hydrogen (secondary N) is 2. The third kappa shape index (κ3) is 4.93. The molecule has 30 heavy (non-hydrogen) atoms.